The summed E-state index contributed by atoms with van der Waals surface area (Å²) in [5.41, 5.74) is 0.151. The maximum absolute atomic E-state index is 12.6. The smallest absolute Gasteiger partial charge is 0.359 e. The van der Waals surface area contributed by atoms with Crippen LogP contribution in [0.4, 0.5) is 11.5 Å². The van der Waals surface area contributed by atoms with Crippen molar-refractivity contribution in [3.63, 3.8) is 0 Å². The van der Waals surface area contributed by atoms with Gasteiger partial charge in [0.2, 0.25) is 5.82 Å². The molecule has 1 saturated heterocycles. The summed E-state index contributed by atoms with van der Waals surface area (Å²) in [6.45, 7) is 0.811. The number of nitrogens with zero attached hydrogens (tertiary/aromatic N) is 4. The number of nitrogens with one attached hydrogen (secondary N) is 1. The highest BCUT2D eigenvalue weighted by atomic mass is 35.5. The van der Waals surface area contributed by atoms with Crippen LogP contribution in [0.15, 0.2) is 53.5 Å². The maximum atomic E-state index is 12.6. The molecule has 0 amide bonds. The molecule has 9 heteroatoms. The minimum absolute atomic E-state index is 0.000429. The maximum Gasteiger partial charge on any atom is 0.376 e. The van der Waals surface area contributed by atoms with Crippen LogP contribution in [-0.2, 0) is 0 Å². The number of halogens is 1. The highest BCUT2D eigenvalue weighted by Gasteiger charge is 2.35. The van der Waals surface area contributed by atoms with Gasteiger partial charge in [-0.05, 0) is 43.3 Å². The molecule has 8 nitrogen and oxygen atoms in total. The van der Waals surface area contributed by atoms with Crippen LogP contribution in [0.2, 0.25) is 5.02 Å². The van der Waals surface area contributed by atoms with E-state index >= 15 is 0 Å². The second-order valence-electron chi connectivity index (χ2n) is 6.82. The topological polar surface area (TPSA) is 92.8 Å². The summed E-state index contributed by atoms with van der Waals surface area (Å²) in [6.07, 6.45) is 2.23. The Hall–Kier alpha value is -2.97. The van der Waals surface area contributed by atoms with Gasteiger partial charge >= 0.3 is 11.2 Å². The van der Waals surface area contributed by atoms with Gasteiger partial charge in [-0.15, -0.1) is 0 Å². The second-order valence-corrected chi connectivity index (χ2v) is 7.25. The van der Waals surface area contributed by atoms with E-state index in [4.69, 9.17) is 11.6 Å². The van der Waals surface area contributed by atoms with Crippen molar-refractivity contribution in [2.75, 3.05) is 18.9 Å². The molecule has 1 aliphatic heterocycles. The first kappa shape index (κ1) is 18.4. The molecule has 4 rings (SSSR count). The Bertz CT molecular complexity index is 1100. The molecule has 28 heavy (non-hydrogen) atoms. The fourth-order valence-electron chi connectivity index (χ4n) is 3.77. The first-order valence-corrected chi connectivity index (χ1v) is 9.21. The van der Waals surface area contributed by atoms with Gasteiger partial charge < -0.3 is 5.32 Å². The number of likely N-dealkylation sites (N-methyl/N-ethyl adjacent to an activating group) is 1. The standard InChI is InChI=1S/C19H18ClN5O3/c1-23-11-9-14(16(23)12-5-7-13(20)8-6-12)21-18-17(25(27)28)19(26)24-10-3-2-4-15(24)22-18/h2-8,10,14,16,21H,9,11H2,1H3. The van der Waals surface area contributed by atoms with E-state index in [0.717, 1.165) is 18.5 Å². The van der Waals surface area contributed by atoms with Crippen molar-refractivity contribution in [2.45, 2.75) is 18.5 Å². The third-order valence-corrected chi connectivity index (χ3v) is 5.33. The van der Waals surface area contributed by atoms with E-state index in [1.54, 1.807) is 18.2 Å². The van der Waals surface area contributed by atoms with E-state index in [1.807, 2.05) is 31.3 Å². The fourth-order valence-corrected chi connectivity index (χ4v) is 3.89. The van der Waals surface area contributed by atoms with Crippen molar-refractivity contribution < 1.29 is 4.92 Å². The molecule has 0 bridgehead atoms. The Labute approximate surface area is 165 Å². The quantitative estimate of drug-likeness (QED) is 0.535. The number of aromatic nitrogens is 2. The van der Waals surface area contributed by atoms with Crippen molar-refractivity contribution in [2.24, 2.45) is 0 Å². The van der Waals surface area contributed by atoms with Gasteiger partial charge in [-0.3, -0.25) is 24.2 Å². The number of hydrogen-bond acceptors (Lipinski definition) is 6. The van der Waals surface area contributed by atoms with Crippen LogP contribution in [0.5, 0.6) is 0 Å². The molecule has 1 N–H and O–H groups in total. The Balaban J connectivity index is 1.76. The van der Waals surface area contributed by atoms with Crippen molar-refractivity contribution in [3.8, 4) is 0 Å². The lowest BCUT2D eigenvalue weighted by Gasteiger charge is -2.26. The van der Waals surface area contributed by atoms with E-state index in [1.165, 1.54) is 10.6 Å². The highest BCUT2D eigenvalue weighted by molar-refractivity contribution is 6.30. The van der Waals surface area contributed by atoms with Gasteiger partial charge in [0.15, 0.2) is 0 Å². The lowest BCUT2D eigenvalue weighted by Crippen LogP contribution is -2.31. The van der Waals surface area contributed by atoms with Crippen LogP contribution >= 0.6 is 11.6 Å². The average molecular weight is 400 g/mol. The molecule has 2 aromatic heterocycles. The summed E-state index contributed by atoms with van der Waals surface area (Å²) in [7, 11) is 2.00. The lowest BCUT2D eigenvalue weighted by atomic mass is 10.00. The average Bonchev–Trinajstić information content (AvgIpc) is 3.02. The van der Waals surface area contributed by atoms with Crippen LogP contribution in [0.1, 0.15) is 18.0 Å². The molecule has 1 fully saturated rings. The zero-order valence-electron chi connectivity index (χ0n) is 15.1. The predicted octanol–water partition coefficient (Wildman–Crippen LogP) is 3.11. The van der Waals surface area contributed by atoms with Crippen LogP contribution in [-0.4, -0.2) is 38.8 Å². The second kappa shape index (κ2) is 7.21. The zero-order chi connectivity index (χ0) is 19.8. The van der Waals surface area contributed by atoms with Gasteiger partial charge in [0.25, 0.3) is 0 Å². The van der Waals surface area contributed by atoms with Gasteiger partial charge in [-0.2, -0.15) is 0 Å². The highest BCUT2D eigenvalue weighted by Crippen LogP contribution is 2.34. The molecular formula is C19H18ClN5O3. The van der Waals surface area contributed by atoms with Gasteiger partial charge in [0.1, 0.15) is 5.65 Å². The van der Waals surface area contributed by atoms with E-state index in [0.29, 0.717) is 10.7 Å². The molecule has 0 spiro atoms. The zero-order valence-corrected chi connectivity index (χ0v) is 15.8. The van der Waals surface area contributed by atoms with Gasteiger partial charge in [-0.1, -0.05) is 29.8 Å². The van der Waals surface area contributed by atoms with Crippen molar-refractivity contribution in [1.82, 2.24) is 14.3 Å². The molecule has 144 valence electrons. The minimum atomic E-state index is -0.701. The first-order chi connectivity index (χ1) is 13.5. The monoisotopic (exact) mass is 399 g/mol. The van der Waals surface area contributed by atoms with E-state index in [2.05, 4.69) is 15.2 Å². The summed E-state index contributed by atoms with van der Waals surface area (Å²) in [5, 5.41) is 15.4. The molecule has 2 unspecified atom stereocenters. The summed E-state index contributed by atoms with van der Waals surface area (Å²) in [5.74, 6) is 0.000429. The number of benzene rings is 1. The number of anilines is 1. The summed E-state index contributed by atoms with van der Waals surface area (Å²) >= 11 is 6.00. The SMILES string of the molecule is CN1CCC(Nc2nc3ccccn3c(=O)c2[N+](=O)[O-])C1c1ccc(Cl)cc1. The minimum Gasteiger partial charge on any atom is -0.359 e. The summed E-state index contributed by atoms with van der Waals surface area (Å²) in [6, 6.07) is 12.4. The van der Waals surface area contributed by atoms with Gasteiger partial charge in [0, 0.05) is 23.8 Å². The van der Waals surface area contributed by atoms with Crippen molar-refractivity contribution in [3.05, 3.63) is 79.7 Å². The number of pyridine rings is 1. The van der Waals surface area contributed by atoms with Crippen molar-refractivity contribution in [1.29, 1.82) is 0 Å². The lowest BCUT2D eigenvalue weighted by molar-refractivity contribution is -0.385. The molecule has 1 aromatic carbocycles. The number of fused-ring (bicyclic) bond motifs is 1. The molecule has 2 atom stereocenters. The first-order valence-electron chi connectivity index (χ1n) is 8.84. The Morgan fingerprint density at radius 2 is 2.00 bits per heavy atom. The van der Waals surface area contributed by atoms with Crippen LogP contribution < -0.4 is 10.9 Å². The number of nitro groups is 1. The molecule has 0 aliphatic carbocycles. The molecule has 0 saturated carbocycles. The number of hydrogen-bond donors (Lipinski definition) is 1. The van der Waals surface area contributed by atoms with Crippen molar-refractivity contribution >= 4 is 28.8 Å². The molecular weight excluding hydrogens is 382 g/mol. The summed E-state index contributed by atoms with van der Waals surface area (Å²) in [4.78, 5) is 30.1. The molecule has 3 aromatic rings. The third kappa shape index (κ3) is 3.21. The molecule has 0 radical (unpaired) electrons. The van der Waals surface area contributed by atoms with E-state index in [-0.39, 0.29) is 17.9 Å². The Kier molecular flexibility index (Phi) is 4.74. The Morgan fingerprint density at radius 3 is 2.71 bits per heavy atom. The molecule has 1 aliphatic rings. The third-order valence-electron chi connectivity index (χ3n) is 5.08. The number of rotatable bonds is 4. The van der Waals surface area contributed by atoms with E-state index < -0.39 is 16.2 Å². The molecule has 3 heterocycles. The normalized spacial score (nSPS) is 19.8. The van der Waals surface area contributed by atoms with Crippen LogP contribution in [0.25, 0.3) is 5.65 Å². The number of likely N-dealkylation sites (tertiary alicyclic amines) is 1. The summed E-state index contributed by atoms with van der Waals surface area (Å²) < 4.78 is 1.18. The van der Waals surface area contributed by atoms with Crippen LogP contribution in [0, 0.1) is 10.1 Å². The van der Waals surface area contributed by atoms with Gasteiger partial charge in [0.05, 0.1) is 11.0 Å². The van der Waals surface area contributed by atoms with E-state index in [9.17, 15) is 14.9 Å². The fraction of sp³-hybridized carbons (Fsp3) is 0.263. The van der Waals surface area contributed by atoms with Crippen LogP contribution in [0.3, 0.4) is 0 Å². The predicted molar refractivity (Wildman–Crippen MR) is 107 cm³/mol. The largest absolute Gasteiger partial charge is 0.376 e. The van der Waals surface area contributed by atoms with Gasteiger partial charge in [-0.25, -0.2) is 4.98 Å². The Morgan fingerprint density at radius 1 is 1.25 bits per heavy atom.